The van der Waals surface area contributed by atoms with Gasteiger partial charge < -0.3 is 34.4 Å². The van der Waals surface area contributed by atoms with E-state index in [1.54, 1.807) is 6.08 Å². The van der Waals surface area contributed by atoms with Gasteiger partial charge in [-0.25, -0.2) is 0 Å². The lowest BCUT2D eigenvalue weighted by molar-refractivity contribution is -0.873. The molecule has 0 aliphatic rings. The predicted molar refractivity (Wildman–Crippen MR) is 126 cm³/mol. The van der Waals surface area contributed by atoms with Crippen molar-refractivity contribution in [1.29, 1.82) is 0 Å². The molecule has 0 rings (SSSR count). The maximum Gasteiger partial charge on any atom is 0.306 e. The standard InChI is InChI=1S/C25H47NO7/c1-5-6-10-13-20(27)16-17-23(29)22(28)14-11-8-7-9-12-15-25(32)33-21(18-24(30)31)19-26(2,3)4/h16-17,20-23,27-29H,5-15,18-19H2,1-4H3/b17-16+. The molecule has 0 fully saturated rings. The Kier molecular flexibility index (Phi) is 17.1. The summed E-state index contributed by atoms with van der Waals surface area (Å²) in [7, 11) is 5.71. The van der Waals surface area contributed by atoms with Gasteiger partial charge in [0.05, 0.1) is 39.5 Å². The minimum absolute atomic E-state index is 0.243. The number of carboxylic acids is 1. The van der Waals surface area contributed by atoms with Gasteiger partial charge in [0.15, 0.2) is 6.10 Å². The Labute approximate surface area is 199 Å². The zero-order chi connectivity index (χ0) is 25.3. The van der Waals surface area contributed by atoms with E-state index in [9.17, 15) is 30.0 Å². The van der Waals surface area contributed by atoms with Crippen molar-refractivity contribution < 1.29 is 39.2 Å². The molecule has 0 spiro atoms. The first kappa shape index (κ1) is 31.5. The Morgan fingerprint density at radius 1 is 0.909 bits per heavy atom. The van der Waals surface area contributed by atoms with Gasteiger partial charge >= 0.3 is 5.97 Å². The van der Waals surface area contributed by atoms with Gasteiger partial charge in [0.1, 0.15) is 6.54 Å². The quantitative estimate of drug-likeness (QED) is 0.106. The van der Waals surface area contributed by atoms with E-state index in [-0.39, 0.29) is 12.8 Å². The second-order valence-corrected chi connectivity index (χ2v) is 9.97. The minimum atomic E-state index is -1.23. The fourth-order valence-electron chi connectivity index (χ4n) is 3.58. The zero-order valence-corrected chi connectivity index (χ0v) is 21.1. The van der Waals surface area contributed by atoms with Gasteiger partial charge in [0.25, 0.3) is 0 Å². The average molecular weight is 474 g/mol. The fourth-order valence-corrected chi connectivity index (χ4v) is 3.58. The molecular formula is C25H47NO7. The van der Waals surface area contributed by atoms with E-state index in [2.05, 4.69) is 6.92 Å². The minimum Gasteiger partial charge on any atom is -0.550 e. The summed E-state index contributed by atoms with van der Waals surface area (Å²) in [6.07, 6.45) is 8.07. The molecule has 0 bridgehead atoms. The molecular weight excluding hydrogens is 426 g/mol. The molecule has 0 aliphatic heterocycles. The average Bonchev–Trinajstić information content (AvgIpc) is 2.69. The highest BCUT2D eigenvalue weighted by atomic mass is 16.5. The monoisotopic (exact) mass is 473 g/mol. The second kappa shape index (κ2) is 17.9. The molecule has 0 aromatic rings. The number of rotatable bonds is 20. The zero-order valence-electron chi connectivity index (χ0n) is 21.1. The van der Waals surface area contributed by atoms with E-state index >= 15 is 0 Å². The molecule has 0 saturated carbocycles. The van der Waals surface area contributed by atoms with Crippen molar-refractivity contribution in [2.24, 2.45) is 0 Å². The molecule has 8 heteroatoms. The van der Waals surface area contributed by atoms with E-state index < -0.39 is 36.4 Å². The molecule has 0 amide bonds. The van der Waals surface area contributed by atoms with Gasteiger partial charge in [-0.2, -0.15) is 0 Å². The van der Waals surface area contributed by atoms with E-state index in [1.807, 2.05) is 21.1 Å². The van der Waals surface area contributed by atoms with Crippen molar-refractivity contribution >= 4 is 11.9 Å². The van der Waals surface area contributed by atoms with Crippen molar-refractivity contribution in [1.82, 2.24) is 0 Å². The van der Waals surface area contributed by atoms with Gasteiger partial charge in [0.2, 0.25) is 0 Å². The van der Waals surface area contributed by atoms with Crippen LogP contribution in [0.15, 0.2) is 12.2 Å². The third-order valence-electron chi connectivity index (χ3n) is 5.35. The van der Waals surface area contributed by atoms with Gasteiger partial charge in [-0.3, -0.25) is 4.79 Å². The van der Waals surface area contributed by atoms with Gasteiger partial charge in [-0.1, -0.05) is 64.0 Å². The van der Waals surface area contributed by atoms with Crippen molar-refractivity contribution in [3.63, 3.8) is 0 Å². The summed E-state index contributed by atoms with van der Waals surface area (Å²) in [6, 6.07) is 0. The van der Waals surface area contributed by atoms with Crippen LogP contribution in [-0.2, 0) is 14.3 Å². The Hall–Kier alpha value is -1.48. The summed E-state index contributed by atoms with van der Waals surface area (Å²) in [6.45, 7) is 2.50. The number of carboxylic acid groups (broad SMARTS) is 1. The number of unbranched alkanes of at least 4 members (excludes halogenated alkanes) is 6. The number of likely N-dealkylation sites (N-methyl/N-ethyl adjacent to an activating group) is 1. The molecule has 0 aromatic carbocycles. The predicted octanol–water partition coefficient (Wildman–Crippen LogP) is 1.69. The first-order valence-electron chi connectivity index (χ1n) is 12.4. The van der Waals surface area contributed by atoms with Crippen LogP contribution < -0.4 is 5.11 Å². The van der Waals surface area contributed by atoms with Crippen LogP contribution in [-0.4, -0.2) is 83.8 Å². The first-order valence-corrected chi connectivity index (χ1v) is 12.4. The second-order valence-electron chi connectivity index (χ2n) is 9.97. The maximum absolute atomic E-state index is 12.0. The number of hydrogen-bond acceptors (Lipinski definition) is 7. The number of aliphatic hydroxyl groups excluding tert-OH is 3. The SMILES string of the molecule is CCCCCC(O)/C=C/C(O)C(O)CCCCCCCC(=O)OC(CC(=O)[O-])C[N+](C)(C)C. The summed E-state index contributed by atoms with van der Waals surface area (Å²) in [5, 5.41) is 40.8. The molecule has 194 valence electrons. The van der Waals surface area contributed by atoms with Crippen LogP contribution in [0.5, 0.6) is 0 Å². The number of hydrogen-bond donors (Lipinski definition) is 3. The Balaban J connectivity index is 3.97. The summed E-state index contributed by atoms with van der Waals surface area (Å²) < 4.78 is 5.82. The van der Waals surface area contributed by atoms with Gasteiger partial charge in [-0.15, -0.1) is 0 Å². The number of carbonyl (C=O) groups excluding carboxylic acids is 2. The van der Waals surface area contributed by atoms with Crippen molar-refractivity contribution in [3.05, 3.63) is 12.2 Å². The third-order valence-corrected chi connectivity index (χ3v) is 5.35. The van der Waals surface area contributed by atoms with Crippen LogP contribution in [0.3, 0.4) is 0 Å². The number of carbonyl (C=O) groups is 2. The van der Waals surface area contributed by atoms with Crippen LogP contribution in [0.1, 0.15) is 84.0 Å². The van der Waals surface area contributed by atoms with Gasteiger partial charge in [0, 0.05) is 18.8 Å². The van der Waals surface area contributed by atoms with Crippen molar-refractivity contribution in [3.8, 4) is 0 Å². The van der Waals surface area contributed by atoms with Crippen LogP contribution in [0.2, 0.25) is 0 Å². The van der Waals surface area contributed by atoms with E-state index in [0.717, 1.165) is 44.9 Å². The molecule has 8 nitrogen and oxygen atoms in total. The Morgan fingerprint density at radius 3 is 2.12 bits per heavy atom. The lowest BCUT2D eigenvalue weighted by Crippen LogP contribution is -2.45. The van der Waals surface area contributed by atoms with Crippen molar-refractivity contribution in [2.45, 2.75) is 108 Å². The van der Waals surface area contributed by atoms with Crippen LogP contribution in [0.25, 0.3) is 0 Å². The smallest absolute Gasteiger partial charge is 0.306 e. The van der Waals surface area contributed by atoms with E-state index in [1.165, 1.54) is 6.08 Å². The normalized spacial score (nSPS) is 15.8. The number of nitrogens with zero attached hydrogens (tertiary/aromatic N) is 1. The summed E-state index contributed by atoms with van der Waals surface area (Å²) in [5.41, 5.74) is 0. The molecule has 3 N–H and O–H groups in total. The number of quaternary nitrogens is 1. The summed E-state index contributed by atoms with van der Waals surface area (Å²) in [5.74, 6) is -1.62. The fraction of sp³-hybridized carbons (Fsp3) is 0.840. The van der Waals surface area contributed by atoms with Crippen LogP contribution >= 0.6 is 0 Å². The Morgan fingerprint density at radius 2 is 1.52 bits per heavy atom. The van der Waals surface area contributed by atoms with Crippen molar-refractivity contribution in [2.75, 3.05) is 27.7 Å². The molecule has 4 unspecified atom stereocenters. The highest BCUT2D eigenvalue weighted by Crippen LogP contribution is 2.13. The molecule has 0 aromatic heterocycles. The van der Waals surface area contributed by atoms with Gasteiger partial charge in [-0.05, 0) is 19.3 Å². The molecule has 33 heavy (non-hydrogen) atoms. The third kappa shape index (κ3) is 19.7. The summed E-state index contributed by atoms with van der Waals surface area (Å²) >= 11 is 0. The first-order chi connectivity index (χ1) is 15.4. The lowest BCUT2D eigenvalue weighted by atomic mass is 10.0. The highest BCUT2D eigenvalue weighted by Gasteiger charge is 2.22. The van der Waals surface area contributed by atoms with Crippen LogP contribution in [0, 0.1) is 0 Å². The summed E-state index contributed by atoms with van der Waals surface area (Å²) in [4.78, 5) is 22.9. The Bertz CT molecular complexity index is 559. The number of ether oxygens (including phenoxy) is 1. The number of esters is 1. The molecule has 0 aliphatic carbocycles. The lowest BCUT2D eigenvalue weighted by Gasteiger charge is -2.29. The molecule has 0 saturated heterocycles. The van der Waals surface area contributed by atoms with Crippen LogP contribution in [0.4, 0.5) is 0 Å². The number of aliphatic carboxylic acids is 1. The van der Waals surface area contributed by atoms with E-state index in [4.69, 9.17) is 4.74 Å². The molecule has 4 atom stereocenters. The highest BCUT2D eigenvalue weighted by molar-refractivity contribution is 5.70. The number of aliphatic hydroxyl groups is 3. The molecule has 0 radical (unpaired) electrons. The largest absolute Gasteiger partial charge is 0.550 e. The maximum atomic E-state index is 12.0. The molecule has 0 heterocycles. The topological polar surface area (TPSA) is 127 Å². The van der Waals surface area contributed by atoms with E-state index in [0.29, 0.717) is 30.3 Å².